The van der Waals surface area contributed by atoms with E-state index in [1.807, 2.05) is 0 Å². The highest BCUT2D eigenvalue weighted by molar-refractivity contribution is 6.04. The molecule has 0 bridgehead atoms. The molecular formula is C18H15N5O4. The molecule has 0 atom stereocenters. The number of anilines is 1. The Labute approximate surface area is 152 Å². The Bertz CT molecular complexity index is 1100. The number of pyridine rings is 1. The van der Waals surface area contributed by atoms with Crippen LogP contribution in [0.2, 0.25) is 0 Å². The predicted octanol–water partition coefficient (Wildman–Crippen LogP) is 0.331. The molecule has 0 aliphatic heterocycles. The van der Waals surface area contributed by atoms with Crippen LogP contribution in [-0.4, -0.2) is 26.3 Å². The number of aromatic amines is 1. The summed E-state index contributed by atoms with van der Waals surface area (Å²) in [6, 6.07) is 11.0. The minimum Gasteiger partial charge on any atom is -0.366 e. The largest absolute Gasteiger partial charge is 0.366 e. The smallest absolute Gasteiger partial charge is 0.328 e. The molecule has 2 aromatic heterocycles. The number of hydrogen-bond donors (Lipinski definition) is 3. The van der Waals surface area contributed by atoms with Crippen LogP contribution in [0.5, 0.6) is 0 Å². The van der Waals surface area contributed by atoms with E-state index in [-0.39, 0.29) is 17.7 Å². The number of H-pyrrole nitrogens is 1. The molecular weight excluding hydrogens is 350 g/mol. The zero-order valence-electron chi connectivity index (χ0n) is 14.0. The summed E-state index contributed by atoms with van der Waals surface area (Å²) < 4.78 is 0.896. The van der Waals surface area contributed by atoms with Crippen molar-refractivity contribution < 1.29 is 9.59 Å². The Balaban J connectivity index is 1.87. The number of primary amides is 1. The van der Waals surface area contributed by atoms with E-state index in [1.165, 1.54) is 24.3 Å². The lowest BCUT2D eigenvalue weighted by molar-refractivity contribution is 0.0998. The minimum atomic E-state index is -0.740. The van der Waals surface area contributed by atoms with Crippen molar-refractivity contribution in [2.24, 2.45) is 5.73 Å². The maximum Gasteiger partial charge on any atom is 0.328 e. The summed E-state index contributed by atoms with van der Waals surface area (Å²) in [5.41, 5.74) is 4.70. The molecule has 0 spiro atoms. The van der Waals surface area contributed by atoms with E-state index in [4.69, 9.17) is 5.73 Å². The van der Waals surface area contributed by atoms with Crippen LogP contribution in [0.1, 0.15) is 26.4 Å². The first-order valence-corrected chi connectivity index (χ1v) is 7.89. The Kier molecular flexibility index (Phi) is 4.93. The second kappa shape index (κ2) is 7.48. The van der Waals surface area contributed by atoms with Crippen LogP contribution >= 0.6 is 0 Å². The fraction of sp³-hybridized carbons (Fsp3) is 0.0556. The third-order valence-corrected chi connectivity index (χ3v) is 3.78. The molecule has 136 valence electrons. The maximum atomic E-state index is 12.6. The molecule has 3 rings (SSSR count). The van der Waals surface area contributed by atoms with Gasteiger partial charge < -0.3 is 16.0 Å². The quantitative estimate of drug-likeness (QED) is 0.598. The van der Waals surface area contributed by atoms with Crippen LogP contribution in [0.15, 0.2) is 64.4 Å². The van der Waals surface area contributed by atoms with Gasteiger partial charge in [0.2, 0.25) is 5.91 Å². The van der Waals surface area contributed by atoms with Gasteiger partial charge in [-0.15, -0.1) is 0 Å². The number of carbonyl (C=O) groups is 2. The third kappa shape index (κ3) is 3.98. The first-order valence-electron chi connectivity index (χ1n) is 7.89. The summed E-state index contributed by atoms with van der Waals surface area (Å²) >= 11 is 0. The number of amides is 2. The number of nitrogens with zero attached hydrogens (tertiary/aromatic N) is 2. The van der Waals surface area contributed by atoms with Gasteiger partial charge in [-0.05, 0) is 36.4 Å². The highest BCUT2D eigenvalue weighted by Crippen LogP contribution is 2.10. The van der Waals surface area contributed by atoms with Gasteiger partial charge >= 0.3 is 5.69 Å². The van der Waals surface area contributed by atoms with E-state index in [9.17, 15) is 19.2 Å². The van der Waals surface area contributed by atoms with E-state index in [0.29, 0.717) is 11.4 Å². The zero-order valence-corrected chi connectivity index (χ0v) is 14.0. The number of aromatic nitrogens is 3. The van der Waals surface area contributed by atoms with Crippen LogP contribution in [-0.2, 0) is 6.54 Å². The van der Waals surface area contributed by atoms with Crippen LogP contribution < -0.4 is 22.3 Å². The molecule has 0 saturated heterocycles. The number of nitrogens with two attached hydrogens (primary N) is 1. The van der Waals surface area contributed by atoms with E-state index < -0.39 is 23.1 Å². The average Bonchev–Trinajstić information content (AvgIpc) is 2.66. The molecule has 9 nitrogen and oxygen atoms in total. The van der Waals surface area contributed by atoms with Gasteiger partial charge in [0.25, 0.3) is 11.5 Å². The van der Waals surface area contributed by atoms with Crippen LogP contribution in [0.3, 0.4) is 0 Å². The fourth-order valence-electron chi connectivity index (χ4n) is 2.39. The van der Waals surface area contributed by atoms with E-state index in [2.05, 4.69) is 15.3 Å². The standard InChI is InChI=1S/C18H15N5O4/c19-15(24)11-4-6-12(7-5-11)22-16(25)14-9-21-18(27)23(17(14)26)10-13-3-1-2-8-20-13/h1-9H,10H2,(H2,19,24)(H,21,27)(H,22,25). The molecule has 2 heterocycles. The summed E-state index contributed by atoms with van der Waals surface area (Å²) in [7, 11) is 0. The van der Waals surface area contributed by atoms with Gasteiger partial charge in [-0.1, -0.05) is 6.07 Å². The lowest BCUT2D eigenvalue weighted by Gasteiger charge is -2.08. The highest BCUT2D eigenvalue weighted by Gasteiger charge is 2.15. The van der Waals surface area contributed by atoms with Crippen molar-refractivity contribution >= 4 is 17.5 Å². The Morgan fingerprint density at radius 3 is 2.48 bits per heavy atom. The molecule has 0 aliphatic carbocycles. The second-order valence-electron chi connectivity index (χ2n) is 5.62. The second-order valence-corrected chi connectivity index (χ2v) is 5.62. The van der Waals surface area contributed by atoms with E-state index >= 15 is 0 Å². The zero-order chi connectivity index (χ0) is 19.4. The van der Waals surface area contributed by atoms with Crippen molar-refractivity contribution in [3.63, 3.8) is 0 Å². The average molecular weight is 365 g/mol. The van der Waals surface area contributed by atoms with Gasteiger partial charge in [-0.25, -0.2) is 4.79 Å². The van der Waals surface area contributed by atoms with E-state index in [0.717, 1.165) is 10.8 Å². The van der Waals surface area contributed by atoms with Crippen molar-refractivity contribution in [1.29, 1.82) is 0 Å². The lowest BCUT2D eigenvalue weighted by Crippen LogP contribution is -2.39. The normalized spacial score (nSPS) is 10.4. The van der Waals surface area contributed by atoms with Gasteiger partial charge in [0, 0.05) is 23.6 Å². The van der Waals surface area contributed by atoms with Crippen LogP contribution in [0, 0.1) is 0 Å². The van der Waals surface area contributed by atoms with Gasteiger partial charge in [-0.2, -0.15) is 0 Å². The number of benzene rings is 1. The summed E-state index contributed by atoms with van der Waals surface area (Å²) in [6.07, 6.45) is 2.60. The van der Waals surface area contributed by atoms with Crippen molar-refractivity contribution in [1.82, 2.24) is 14.5 Å². The Hall–Kier alpha value is -4.01. The molecule has 2 amide bonds. The Morgan fingerprint density at radius 2 is 1.85 bits per heavy atom. The van der Waals surface area contributed by atoms with Crippen molar-refractivity contribution in [3.05, 3.63) is 92.5 Å². The topological polar surface area (TPSA) is 140 Å². The molecule has 27 heavy (non-hydrogen) atoms. The van der Waals surface area contributed by atoms with Gasteiger partial charge in [0.1, 0.15) is 5.56 Å². The number of carbonyl (C=O) groups excluding carboxylic acids is 2. The van der Waals surface area contributed by atoms with Gasteiger partial charge in [0.05, 0.1) is 12.2 Å². The Morgan fingerprint density at radius 1 is 1.11 bits per heavy atom. The molecule has 3 aromatic rings. The van der Waals surface area contributed by atoms with Crippen LogP contribution in [0.4, 0.5) is 5.69 Å². The SMILES string of the molecule is NC(=O)c1ccc(NC(=O)c2c[nH]c(=O)n(Cc3ccccn3)c2=O)cc1. The third-order valence-electron chi connectivity index (χ3n) is 3.78. The molecule has 9 heteroatoms. The highest BCUT2D eigenvalue weighted by atomic mass is 16.2. The molecule has 4 N–H and O–H groups in total. The summed E-state index contributed by atoms with van der Waals surface area (Å²) in [4.78, 5) is 54.5. The summed E-state index contributed by atoms with van der Waals surface area (Å²) in [5, 5.41) is 2.53. The van der Waals surface area contributed by atoms with Gasteiger partial charge in [0.15, 0.2) is 0 Å². The first-order chi connectivity index (χ1) is 13.0. The molecule has 0 unspecified atom stereocenters. The van der Waals surface area contributed by atoms with E-state index in [1.54, 1.807) is 24.4 Å². The first kappa shape index (κ1) is 17.8. The summed E-state index contributed by atoms with van der Waals surface area (Å²) in [5.74, 6) is -1.29. The summed E-state index contributed by atoms with van der Waals surface area (Å²) in [6.45, 7) is -0.0660. The molecule has 0 saturated carbocycles. The lowest BCUT2D eigenvalue weighted by atomic mass is 10.2. The molecule has 0 aliphatic rings. The van der Waals surface area contributed by atoms with Crippen LogP contribution in [0.25, 0.3) is 0 Å². The van der Waals surface area contributed by atoms with Crippen molar-refractivity contribution in [3.8, 4) is 0 Å². The molecule has 1 aromatic carbocycles. The number of rotatable bonds is 5. The molecule has 0 radical (unpaired) electrons. The maximum absolute atomic E-state index is 12.6. The number of hydrogen-bond acceptors (Lipinski definition) is 5. The molecule has 0 fully saturated rings. The van der Waals surface area contributed by atoms with Crippen molar-refractivity contribution in [2.45, 2.75) is 6.54 Å². The fourth-order valence-corrected chi connectivity index (χ4v) is 2.39. The van der Waals surface area contributed by atoms with Gasteiger partial charge in [-0.3, -0.25) is 23.9 Å². The monoisotopic (exact) mass is 365 g/mol. The predicted molar refractivity (Wildman–Crippen MR) is 97.6 cm³/mol. The number of nitrogens with one attached hydrogen (secondary N) is 2. The van der Waals surface area contributed by atoms with Crippen molar-refractivity contribution in [2.75, 3.05) is 5.32 Å². The minimum absolute atomic E-state index is 0.0660.